The Balaban J connectivity index is 1.62. The molecule has 3 aromatic heterocycles. The van der Waals surface area contributed by atoms with E-state index >= 15 is 0 Å². The lowest BCUT2D eigenvalue weighted by Crippen LogP contribution is -2.35. The summed E-state index contributed by atoms with van der Waals surface area (Å²) in [4.78, 5) is 27.3. The molecule has 116 valence electrons. The summed E-state index contributed by atoms with van der Waals surface area (Å²) >= 11 is 1.59. The third-order valence-electron chi connectivity index (χ3n) is 4.06. The molecule has 4 rings (SSSR count). The molecule has 3 aromatic rings. The third kappa shape index (κ3) is 2.95. The van der Waals surface area contributed by atoms with Gasteiger partial charge in [-0.15, -0.1) is 11.3 Å². The molecule has 23 heavy (non-hydrogen) atoms. The van der Waals surface area contributed by atoms with Crippen molar-refractivity contribution >= 4 is 11.3 Å². The zero-order chi connectivity index (χ0) is 15.6. The molecule has 4 heterocycles. The first-order valence-corrected chi connectivity index (χ1v) is 8.45. The predicted octanol–water partition coefficient (Wildman–Crippen LogP) is 2.45. The maximum absolute atomic E-state index is 12.3. The number of aromatic nitrogens is 3. The molecule has 6 heteroatoms. The standard InChI is InChI=1S/C17H16N4OS/c22-17-13-5-8-21(10-12-3-6-18-7-4-12)11-14(13)19-16(20-17)15-2-1-9-23-15/h1-4,6-7,9H,5,8,10-11H2,(H,19,20,22). The maximum atomic E-state index is 12.3. The summed E-state index contributed by atoms with van der Waals surface area (Å²) < 4.78 is 0. The Morgan fingerprint density at radius 2 is 2.13 bits per heavy atom. The van der Waals surface area contributed by atoms with E-state index in [9.17, 15) is 4.79 Å². The van der Waals surface area contributed by atoms with Crippen LogP contribution >= 0.6 is 11.3 Å². The van der Waals surface area contributed by atoms with Crippen molar-refractivity contribution in [3.63, 3.8) is 0 Å². The fraction of sp³-hybridized carbons (Fsp3) is 0.235. The van der Waals surface area contributed by atoms with E-state index < -0.39 is 0 Å². The van der Waals surface area contributed by atoms with Gasteiger partial charge < -0.3 is 4.98 Å². The smallest absolute Gasteiger partial charge is 0.254 e. The molecule has 0 aliphatic carbocycles. The van der Waals surface area contributed by atoms with Gasteiger partial charge in [0.25, 0.3) is 5.56 Å². The topological polar surface area (TPSA) is 61.9 Å². The van der Waals surface area contributed by atoms with Gasteiger partial charge in [0.1, 0.15) is 0 Å². The van der Waals surface area contributed by atoms with Crippen LogP contribution in [0.25, 0.3) is 10.7 Å². The normalized spacial score (nSPS) is 14.6. The number of hydrogen-bond acceptors (Lipinski definition) is 5. The Bertz CT molecular complexity index is 858. The third-order valence-corrected chi connectivity index (χ3v) is 4.94. The minimum atomic E-state index is 0.00182. The Kier molecular flexibility index (Phi) is 3.77. The van der Waals surface area contributed by atoms with Gasteiger partial charge in [0.2, 0.25) is 0 Å². The number of nitrogens with zero attached hydrogens (tertiary/aromatic N) is 3. The molecule has 1 aliphatic heterocycles. The Morgan fingerprint density at radius 1 is 1.26 bits per heavy atom. The van der Waals surface area contributed by atoms with Crippen molar-refractivity contribution in [3.8, 4) is 10.7 Å². The lowest BCUT2D eigenvalue weighted by atomic mass is 10.1. The molecule has 0 unspecified atom stereocenters. The van der Waals surface area contributed by atoms with E-state index in [1.165, 1.54) is 5.56 Å². The molecular formula is C17H16N4OS. The molecule has 1 aliphatic rings. The van der Waals surface area contributed by atoms with Gasteiger partial charge in [0.15, 0.2) is 5.82 Å². The number of H-pyrrole nitrogens is 1. The number of aromatic amines is 1. The summed E-state index contributed by atoms with van der Waals surface area (Å²) in [6.45, 7) is 2.43. The SMILES string of the molecule is O=c1[nH]c(-c2cccs2)nc2c1CCN(Cc1ccncc1)C2. The van der Waals surface area contributed by atoms with Crippen LogP contribution in [-0.4, -0.2) is 26.4 Å². The Labute approximate surface area is 137 Å². The molecule has 5 nitrogen and oxygen atoms in total. The molecular weight excluding hydrogens is 308 g/mol. The second-order valence-electron chi connectivity index (χ2n) is 5.63. The van der Waals surface area contributed by atoms with E-state index in [0.29, 0.717) is 12.4 Å². The van der Waals surface area contributed by atoms with E-state index in [2.05, 4.69) is 14.9 Å². The highest BCUT2D eigenvalue weighted by Crippen LogP contribution is 2.23. The van der Waals surface area contributed by atoms with Crippen molar-refractivity contribution in [3.05, 3.63) is 69.2 Å². The summed E-state index contributed by atoms with van der Waals surface area (Å²) in [5.41, 5.74) is 2.96. The van der Waals surface area contributed by atoms with E-state index in [4.69, 9.17) is 4.98 Å². The summed E-state index contributed by atoms with van der Waals surface area (Å²) in [5, 5.41) is 1.99. The molecule has 0 radical (unpaired) electrons. The van der Waals surface area contributed by atoms with Crippen molar-refractivity contribution in [1.29, 1.82) is 0 Å². The molecule has 0 amide bonds. The van der Waals surface area contributed by atoms with Gasteiger partial charge in [-0.3, -0.25) is 14.7 Å². The van der Waals surface area contributed by atoms with Gasteiger partial charge in [0.05, 0.1) is 10.6 Å². The van der Waals surface area contributed by atoms with E-state index in [-0.39, 0.29) is 5.56 Å². The van der Waals surface area contributed by atoms with Gasteiger partial charge >= 0.3 is 0 Å². The summed E-state index contributed by atoms with van der Waals surface area (Å²) in [7, 11) is 0. The first-order chi connectivity index (χ1) is 11.3. The zero-order valence-electron chi connectivity index (χ0n) is 12.5. The fourth-order valence-electron chi connectivity index (χ4n) is 2.91. The van der Waals surface area contributed by atoms with Crippen LogP contribution in [0.4, 0.5) is 0 Å². The highest BCUT2D eigenvalue weighted by atomic mass is 32.1. The Morgan fingerprint density at radius 3 is 2.91 bits per heavy atom. The van der Waals surface area contributed by atoms with Crippen LogP contribution in [0.15, 0.2) is 46.8 Å². The van der Waals surface area contributed by atoms with Crippen LogP contribution in [0.2, 0.25) is 0 Å². The fourth-order valence-corrected chi connectivity index (χ4v) is 3.57. The molecule has 0 saturated carbocycles. The molecule has 1 N–H and O–H groups in total. The van der Waals surface area contributed by atoms with Crippen LogP contribution < -0.4 is 5.56 Å². The lowest BCUT2D eigenvalue weighted by Gasteiger charge is -2.27. The zero-order valence-corrected chi connectivity index (χ0v) is 13.3. The van der Waals surface area contributed by atoms with Gasteiger partial charge in [-0.2, -0.15) is 0 Å². The second-order valence-corrected chi connectivity index (χ2v) is 6.58. The number of fused-ring (bicyclic) bond motifs is 1. The molecule has 0 bridgehead atoms. The average molecular weight is 324 g/mol. The largest absolute Gasteiger partial charge is 0.306 e. The van der Waals surface area contributed by atoms with Crippen molar-refractivity contribution in [2.45, 2.75) is 19.5 Å². The van der Waals surface area contributed by atoms with Crippen molar-refractivity contribution < 1.29 is 0 Å². The van der Waals surface area contributed by atoms with Crippen molar-refractivity contribution in [2.24, 2.45) is 0 Å². The highest BCUT2D eigenvalue weighted by molar-refractivity contribution is 7.13. The average Bonchev–Trinajstić information content (AvgIpc) is 3.10. The number of thiophene rings is 1. The number of hydrogen-bond donors (Lipinski definition) is 1. The maximum Gasteiger partial charge on any atom is 0.254 e. The summed E-state index contributed by atoms with van der Waals surface area (Å²) in [6.07, 6.45) is 4.36. The van der Waals surface area contributed by atoms with E-state index in [0.717, 1.165) is 35.6 Å². The van der Waals surface area contributed by atoms with Gasteiger partial charge in [-0.1, -0.05) is 6.07 Å². The van der Waals surface area contributed by atoms with Crippen LogP contribution in [0.3, 0.4) is 0 Å². The van der Waals surface area contributed by atoms with Crippen molar-refractivity contribution in [2.75, 3.05) is 6.54 Å². The van der Waals surface area contributed by atoms with Crippen LogP contribution in [0, 0.1) is 0 Å². The number of nitrogens with one attached hydrogen (secondary N) is 1. The molecule has 0 fully saturated rings. The van der Waals surface area contributed by atoms with Gasteiger partial charge in [-0.05, 0) is 35.6 Å². The summed E-state index contributed by atoms with van der Waals surface area (Å²) in [6, 6.07) is 8.00. The second kappa shape index (κ2) is 6.06. The lowest BCUT2D eigenvalue weighted by molar-refractivity contribution is 0.240. The molecule has 0 aromatic carbocycles. The summed E-state index contributed by atoms with van der Waals surface area (Å²) in [5.74, 6) is 0.675. The molecule has 0 saturated heterocycles. The van der Waals surface area contributed by atoms with Gasteiger partial charge in [0, 0.05) is 37.6 Å². The predicted molar refractivity (Wildman–Crippen MR) is 90.2 cm³/mol. The number of pyridine rings is 1. The monoisotopic (exact) mass is 324 g/mol. The highest BCUT2D eigenvalue weighted by Gasteiger charge is 2.21. The number of rotatable bonds is 3. The van der Waals surface area contributed by atoms with Crippen LogP contribution in [-0.2, 0) is 19.5 Å². The first kappa shape index (κ1) is 14.3. The van der Waals surface area contributed by atoms with E-state index in [1.54, 1.807) is 11.3 Å². The van der Waals surface area contributed by atoms with Crippen LogP contribution in [0.1, 0.15) is 16.8 Å². The van der Waals surface area contributed by atoms with Crippen LogP contribution in [0.5, 0.6) is 0 Å². The Hall–Kier alpha value is -2.31. The first-order valence-electron chi connectivity index (χ1n) is 7.57. The minimum absolute atomic E-state index is 0.00182. The molecule has 0 atom stereocenters. The quantitative estimate of drug-likeness (QED) is 0.804. The van der Waals surface area contributed by atoms with Gasteiger partial charge in [-0.25, -0.2) is 4.98 Å². The molecule has 0 spiro atoms. The van der Waals surface area contributed by atoms with E-state index in [1.807, 2.05) is 42.0 Å². The minimum Gasteiger partial charge on any atom is -0.306 e. The van der Waals surface area contributed by atoms with Crippen molar-refractivity contribution in [1.82, 2.24) is 19.9 Å².